The Kier molecular flexibility index (Phi) is 32.2. The van der Waals surface area contributed by atoms with Gasteiger partial charge >= 0.3 is 0 Å². The van der Waals surface area contributed by atoms with E-state index in [2.05, 4.69) is 81.0 Å². The molecule has 0 saturated carbocycles. The van der Waals surface area contributed by atoms with E-state index in [0.717, 1.165) is 23.7 Å². The lowest BCUT2D eigenvalue weighted by atomic mass is 9.88. The molecule has 1 aliphatic carbocycles. The van der Waals surface area contributed by atoms with Crippen LogP contribution in [0.1, 0.15) is 96.4 Å². The average Bonchev–Trinajstić information content (AvgIpc) is 2.80. The largest absolute Gasteiger partial charge is 0.412 e. The monoisotopic (exact) mass is 390 g/mol. The summed E-state index contributed by atoms with van der Waals surface area (Å²) in [4.78, 5) is 1.59. The van der Waals surface area contributed by atoms with Crippen LogP contribution >= 0.6 is 11.8 Å². The van der Waals surface area contributed by atoms with Gasteiger partial charge in [-0.15, -0.1) is 18.3 Å². The van der Waals surface area contributed by atoms with Crippen molar-refractivity contribution in [2.24, 2.45) is 29.6 Å². The summed E-state index contributed by atoms with van der Waals surface area (Å²) < 4.78 is 0. The molecule has 2 atom stereocenters. The van der Waals surface area contributed by atoms with Crippen LogP contribution in [0, 0.1) is 29.6 Å². The van der Waals surface area contributed by atoms with Crippen LogP contribution in [0.25, 0.3) is 0 Å². The van der Waals surface area contributed by atoms with E-state index >= 15 is 0 Å². The lowest BCUT2D eigenvalue weighted by molar-refractivity contribution is 0.409. The standard InChI is InChI=1S/C13H22S.C5H12.C4H10.2CH4.H2O/c1-5-11-8-13(14-6-2)9-12(11)7-10(3)4;1-4-5(2)3;1-4(2)3;;;/h5,9-12H,1,6-8H2,2-4H3;5H,4H2,1-3H3;4H,1-3H3;2*1H4;1H2. The number of hydrogen-bond donors (Lipinski definition) is 0. The molecule has 0 radical (unpaired) electrons. The van der Waals surface area contributed by atoms with Crippen molar-refractivity contribution < 1.29 is 5.48 Å². The highest BCUT2D eigenvalue weighted by Gasteiger charge is 2.25. The van der Waals surface area contributed by atoms with Gasteiger partial charge in [0.15, 0.2) is 0 Å². The van der Waals surface area contributed by atoms with E-state index in [1.54, 1.807) is 4.91 Å². The van der Waals surface area contributed by atoms with Crippen LogP contribution in [0.3, 0.4) is 0 Å². The van der Waals surface area contributed by atoms with E-state index in [0.29, 0.717) is 5.92 Å². The highest BCUT2D eigenvalue weighted by Crippen LogP contribution is 2.40. The van der Waals surface area contributed by atoms with Crippen LogP contribution in [0.5, 0.6) is 0 Å². The lowest BCUT2D eigenvalue weighted by Crippen LogP contribution is -2.07. The topological polar surface area (TPSA) is 31.5 Å². The normalized spacial score (nSPS) is 17.6. The van der Waals surface area contributed by atoms with E-state index < -0.39 is 0 Å². The molecule has 2 heteroatoms. The molecule has 0 aromatic heterocycles. The van der Waals surface area contributed by atoms with Gasteiger partial charge in [0.2, 0.25) is 0 Å². The minimum absolute atomic E-state index is 0. The Morgan fingerprint density at radius 1 is 1.04 bits per heavy atom. The van der Waals surface area contributed by atoms with Gasteiger partial charge in [-0.25, -0.2) is 0 Å². The minimum atomic E-state index is 0. The Hall–Kier alpha value is -0.210. The molecule has 162 valence electrons. The molecular weight excluding hydrogens is 336 g/mol. The van der Waals surface area contributed by atoms with Gasteiger partial charge in [0.25, 0.3) is 0 Å². The van der Waals surface area contributed by atoms with Gasteiger partial charge in [0.1, 0.15) is 0 Å². The number of allylic oxidation sites excluding steroid dienone is 3. The van der Waals surface area contributed by atoms with E-state index in [9.17, 15) is 0 Å². The molecular formula is C24H54OS. The van der Waals surface area contributed by atoms with Gasteiger partial charge in [-0.3, -0.25) is 0 Å². The van der Waals surface area contributed by atoms with Crippen molar-refractivity contribution >= 4 is 11.8 Å². The molecule has 2 unspecified atom stereocenters. The Labute approximate surface area is 172 Å². The summed E-state index contributed by atoms with van der Waals surface area (Å²) in [6, 6.07) is 0. The summed E-state index contributed by atoms with van der Waals surface area (Å²) in [5.74, 6) is 5.16. The molecule has 1 aliphatic rings. The Bertz CT molecular complexity index is 303. The zero-order valence-corrected chi connectivity index (χ0v) is 18.8. The molecule has 0 amide bonds. The molecule has 0 aromatic rings. The predicted octanol–water partition coefficient (Wildman–Crippen LogP) is 8.65. The highest BCUT2D eigenvalue weighted by molar-refractivity contribution is 8.03. The Morgan fingerprint density at radius 3 is 1.73 bits per heavy atom. The van der Waals surface area contributed by atoms with E-state index in [1.165, 1.54) is 25.0 Å². The molecule has 0 fully saturated rings. The SMILES string of the molecule is C.C.C=CC1CC(SCC)=CC1CC(C)C.CC(C)C.CCC(C)C.O. The lowest BCUT2D eigenvalue weighted by Gasteiger charge is -2.16. The van der Waals surface area contributed by atoms with Crippen LogP contribution in [0.15, 0.2) is 23.6 Å². The second-order valence-corrected chi connectivity index (χ2v) is 9.39. The molecule has 0 aliphatic heterocycles. The van der Waals surface area contributed by atoms with Crippen LogP contribution < -0.4 is 0 Å². The second-order valence-electron chi connectivity index (χ2n) is 8.00. The van der Waals surface area contributed by atoms with Crippen LogP contribution in [0.4, 0.5) is 0 Å². The smallest absolute Gasteiger partial charge is 0.00518 e. The summed E-state index contributed by atoms with van der Waals surface area (Å²) in [5, 5.41) is 0. The zero-order valence-electron chi connectivity index (χ0n) is 18.0. The Balaban J connectivity index is -0.000000105. The number of rotatable bonds is 6. The summed E-state index contributed by atoms with van der Waals surface area (Å²) in [6.45, 7) is 23.9. The van der Waals surface area contributed by atoms with E-state index in [1.807, 2.05) is 11.8 Å². The van der Waals surface area contributed by atoms with Crippen molar-refractivity contribution in [3.05, 3.63) is 23.6 Å². The third-order valence-corrected chi connectivity index (χ3v) is 4.54. The van der Waals surface area contributed by atoms with Crippen molar-refractivity contribution in [2.75, 3.05) is 5.75 Å². The van der Waals surface area contributed by atoms with Crippen LogP contribution in [0.2, 0.25) is 0 Å². The summed E-state index contributed by atoms with van der Waals surface area (Å²) in [7, 11) is 0. The van der Waals surface area contributed by atoms with Crippen molar-refractivity contribution in [3.63, 3.8) is 0 Å². The number of hydrogen-bond acceptors (Lipinski definition) is 1. The molecule has 0 spiro atoms. The Morgan fingerprint density at radius 2 is 1.46 bits per heavy atom. The van der Waals surface area contributed by atoms with Gasteiger partial charge in [0, 0.05) is 0 Å². The van der Waals surface area contributed by atoms with E-state index in [4.69, 9.17) is 0 Å². The zero-order chi connectivity index (χ0) is 18.4. The van der Waals surface area contributed by atoms with Gasteiger partial charge in [0.05, 0.1) is 0 Å². The maximum atomic E-state index is 3.95. The quantitative estimate of drug-likeness (QED) is 0.417. The fourth-order valence-electron chi connectivity index (χ4n) is 2.15. The van der Waals surface area contributed by atoms with Crippen LogP contribution in [-0.2, 0) is 0 Å². The first-order valence-electron chi connectivity index (χ1n) is 9.63. The summed E-state index contributed by atoms with van der Waals surface area (Å²) in [6.07, 6.45) is 8.48. The summed E-state index contributed by atoms with van der Waals surface area (Å²) >= 11 is 2.00. The highest BCUT2D eigenvalue weighted by atomic mass is 32.2. The first-order valence-corrected chi connectivity index (χ1v) is 10.6. The van der Waals surface area contributed by atoms with Crippen LogP contribution in [-0.4, -0.2) is 11.2 Å². The van der Waals surface area contributed by atoms with Crippen molar-refractivity contribution in [1.29, 1.82) is 0 Å². The maximum absolute atomic E-state index is 3.95. The third-order valence-electron chi connectivity index (χ3n) is 3.58. The van der Waals surface area contributed by atoms with Gasteiger partial charge in [-0.05, 0) is 53.1 Å². The molecule has 1 nitrogen and oxygen atoms in total. The molecule has 26 heavy (non-hydrogen) atoms. The fourth-order valence-corrected chi connectivity index (χ4v) is 3.10. The molecule has 0 saturated heterocycles. The first-order chi connectivity index (χ1) is 10.7. The van der Waals surface area contributed by atoms with Gasteiger partial charge in [-0.1, -0.05) is 95.7 Å². The predicted molar refractivity (Wildman–Crippen MR) is 130 cm³/mol. The molecule has 0 bridgehead atoms. The summed E-state index contributed by atoms with van der Waals surface area (Å²) in [5.41, 5.74) is 0. The maximum Gasteiger partial charge on any atom is -0.00518 e. The number of thioether (sulfide) groups is 1. The van der Waals surface area contributed by atoms with Crippen molar-refractivity contribution in [1.82, 2.24) is 0 Å². The first kappa shape index (κ1) is 36.7. The molecule has 2 N–H and O–H groups in total. The second kappa shape index (κ2) is 22.8. The molecule has 0 aromatic carbocycles. The minimum Gasteiger partial charge on any atom is -0.412 e. The van der Waals surface area contributed by atoms with Gasteiger partial charge < -0.3 is 5.48 Å². The third kappa shape index (κ3) is 23.8. The average molecular weight is 391 g/mol. The van der Waals surface area contributed by atoms with Crippen molar-refractivity contribution in [2.45, 2.75) is 96.4 Å². The van der Waals surface area contributed by atoms with Gasteiger partial charge in [-0.2, -0.15) is 0 Å². The van der Waals surface area contributed by atoms with E-state index in [-0.39, 0.29) is 20.3 Å². The van der Waals surface area contributed by atoms with Crippen molar-refractivity contribution in [3.8, 4) is 0 Å². The molecule has 0 heterocycles. The molecule has 1 rings (SSSR count). The fraction of sp³-hybridized carbons (Fsp3) is 0.833.